The molecule has 8 heteroatoms. The Kier molecular flexibility index (Phi) is 5.38. The van der Waals surface area contributed by atoms with Crippen LogP contribution in [0.3, 0.4) is 0 Å². The molecule has 0 aromatic carbocycles. The Labute approximate surface area is 146 Å². The van der Waals surface area contributed by atoms with E-state index in [1.54, 1.807) is 32.9 Å². The van der Waals surface area contributed by atoms with Crippen LogP contribution in [0.1, 0.15) is 30.4 Å². The smallest absolute Gasteiger partial charge is 0.413 e. The van der Waals surface area contributed by atoms with Crippen LogP contribution in [0.25, 0.3) is 0 Å². The van der Waals surface area contributed by atoms with E-state index in [4.69, 9.17) is 4.74 Å². The van der Waals surface area contributed by atoms with E-state index < -0.39 is 11.7 Å². The van der Waals surface area contributed by atoms with E-state index >= 15 is 0 Å². The summed E-state index contributed by atoms with van der Waals surface area (Å²) in [5.41, 5.74) is -0.0448. The predicted molar refractivity (Wildman–Crippen MR) is 94.1 cm³/mol. The zero-order valence-electron chi connectivity index (χ0n) is 12.8. The molecule has 0 fully saturated rings. The lowest BCUT2D eigenvalue weighted by molar-refractivity contribution is 0.0635. The number of hydrogen-bond donors (Lipinski definition) is 2. The molecule has 0 saturated carbocycles. The number of aromatic nitrogens is 1. The lowest BCUT2D eigenvalue weighted by Gasteiger charge is -2.19. The number of hydrogen-bond acceptors (Lipinski definition) is 5. The Morgan fingerprint density at radius 3 is 2.48 bits per heavy atom. The summed E-state index contributed by atoms with van der Waals surface area (Å²) >= 11 is 4.66. The summed E-state index contributed by atoms with van der Waals surface area (Å²) in [5.74, 6) is 0.121. The van der Waals surface area contributed by atoms with Gasteiger partial charge in [-0.2, -0.15) is 0 Å². The third kappa shape index (κ3) is 5.33. The third-order valence-electron chi connectivity index (χ3n) is 2.47. The van der Waals surface area contributed by atoms with Crippen LogP contribution in [0.4, 0.5) is 16.3 Å². The Morgan fingerprint density at radius 2 is 1.96 bits per heavy atom. The topological polar surface area (TPSA) is 80.3 Å². The first kappa shape index (κ1) is 17.4. The molecule has 6 nitrogen and oxygen atoms in total. The molecular formula is C15H16BrN3O3S. The van der Waals surface area contributed by atoms with Gasteiger partial charge < -0.3 is 10.1 Å². The molecule has 2 aromatic heterocycles. The Hall–Kier alpha value is -1.93. The average Bonchev–Trinajstić information content (AvgIpc) is 2.85. The second-order valence-corrected chi connectivity index (χ2v) is 7.38. The summed E-state index contributed by atoms with van der Waals surface area (Å²) in [4.78, 5) is 28.4. The van der Waals surface area contributed by atoms with Crippen molar-refractivity contribution >= 4 is 50.8 Å². The van der Waals surface area contributed by atoms with Gasteiger partial charge in [0.15, 0.2) is 0 Å². The summed E-state index contributed by atoms with van der Waals surface area (Å²) in [6.45, 7) is 5.34. The molecule has 23 heavy (non-hydrogen) atoms. The quantitative estimate of drug-likeness (QED) is 0.798. The highest BCUT2D eigenvalue weighted by Crippen LogP contribution is 2.23. The van der Waals surface area contributed by atoms with Gasteiger partial charge in [0.1, 0.15) is 16.3 Å². The van der Waals surface area contributed by atoms with Gasteiger partial charge in [-0.25, -0.2) is 9.78 Å². The first-order valence-electron chi connectivity index (χ1n) is 6.75. The van der Waals surface area contributed by atoms with Crippen LogP contribution in [0.5, 0.6) is 0 Å². The number of ether oxygens (including phenoxy) is 1. The van der Waals surface area contributed by atoms with Crippen LogP contribution in [-0.2, 0) is 4.74 Å². The number of pyridine rings is 1. The van der Waals surface area contributed by atoms with Crippen molar-refractivity contribution in [3.63, 3.8) is 0 Å². The second-order valence-electron chi connectivity index (χ2n) is 5.61. The maximum atomic E-state index is 12.1. The fourth-order valence-corrected chi connectivity index (χ4v) is 3.04. The van der Waals surface area contributed by atoms with E-state index in [0.717, 1.165) is 4.47 Å². The van der Waals surface area contributed by atoms with Crippen LogP contribution >= 0.6 is 27.3 Å². The van der Waals surface area contributed by atoms with Crippen molar-refractivity contribution in [3.8, 4) is 0 Å². The van der Waals surface area contributed by atoms with Gasteiger partial charge in [0, 0.05) is 4.47 Å². The van der Waals surface area contributed by atoms with Gasteiger partial charge in [0.2, 0.25) is 0 Å². The van der Waals surface area contributed by atoms with Gasteiger partial charge in [0.25, 0.3) is 5.91 Å². The van der Waals surface area contributed by atoms with E-state index in [0.29, 0.717) is 16.4 Å². The lowest BCUT2D eigenvalue weighted by atomic mass is 10.2. The second kappa shape index (κ2) is 7.10. The summed E-state index contributed by atoms with van der Waals surface area (Å²) in [6.07, 6.45) is 0.885. The number of nitrogens with zero attached hydrogens (tertiary/aromatic N) is 1. The minimum absolute atomic E-state index is 0.221. The average molecular weight is 398 g/mol. The number of amides is 2. The van der Waals surface area contributed by atoms with Gasteiger partial charge in [0.05, 0.1) is 11.9 Å². The molecule has 0 aliphatic rings. The molecular weight excluding hydrogens is 382 g/mol. The SMILES string of the molecule is CC(C)(C)OC(=O)Nc1ccc(NC(=O)c2sccc2Br)cn1. The minimum atomic E-state index is -0.579. The van der Waals surface area contributed by atoms with Crippen molar-refractivity contribution in [2.45, 2.75) is 26.4 Å². The van der Waals surface area contributed by atoms with E-state index in [2.05, 4.69) is 31.5 Å². The number of halogens is 1. The van der Waals surface area contributed by atoms with Gasteiger partial charge >= 0.3 is 6.09 Å². The summed E-state index contributed by atoms with van der Waals surface area (Å²) in [5, 5.41) is 7.09. The molecule has 0 spiro atoms. The maximum Gasteiger partial charge on any atom is 0.413 e. The van der Waals surface area contributed by atoms with Crippen molar-refractivity contribution < 1.29 is 14.3 Å². The largest absolute Gasteiger partial charge is 0.444 e. The molecule has 122 valence electrons. The van der Waals surface area contributed by atoms with Crippen molar-refractivity contribution in [1.29, 1.82) is 0 Å². The zero-order valence-corrected chi connectivity index (χ0v) is 15.2. The number of thiophene rings is 1. The molecule has 0 saturated heterocycles. The molecule has 0 atom stereocenters. The van der Waals surface area contributed by atoms with Crippen LogP contribution < -0.4 is 10.6 Å². The van der Waals surface area contributed by atoms with Crippen molar-refractivity contribution in [1.82, 2.24) is 4.98 Å². The Balaban J connectivity index is 1.96. The first-order chi connectivity index (χ1) is 10.7. The van der Waals surface area contributed by atoms with Crippen LogP contribution in [-0.4, -0.2) is 22.6 Å². The number of carbonyl (C=O) groups excluding carboxylic acids is 2. The van der Waals surface area contributed by atoms with E-state index in [9.17, 15) is 9.59 Å². The standard InChI is InChI=1S/C15H16BrN3O3S/c1-15(2,3)22-14(21)19-11-5-4-9(8-17-11)18-13(20)12-10(16)6-7-23-12/h4-8H,1-3H3,(H,18,20)(H,17,19,21). The minimum Gasteiger partial charge on any atom is -0.444 e. The first-order valence-corrected chi connectivity index (χ1v) is 8.42. The van der Waals surface area contributed by atoms with Gasteiger partial charge in [-0.15, -0.1) is 11.3 Å². The third-order valence-corrected chi connectivity index (χ3v) is 4.31. The Morgan fingerprint density at radius 1 is 1.22 bits per heavy atom. The normalized spacial score (nSPS) is 11.0. The molecule has 0 radical (unpaired) electrons. The Bertz CT molecular complexity index is 708. The fourth-order valence-electron chi connectivity index (χ4n) is 1.59. The van der Waals surface area contributed by atoms with Crippen molar-refractivity contribution in [2.75, 3.05) is 10.6 Å². The number of rotatable bonds is 3. The summed E-state index contributed by atoms with van der Waals surface area (Å²) in [7, 11) is 0. The van der Waals surface area contributed by atoms with Crippen molar-refractivity contribution in [2.24, 2.45) is 0 Å². The highest BCUT2D eigenvalue weighted by atomic mass is 79.9. The zero-order chi connectivity index (χ0) is 17.0. The van der Waals surface area contributed by atoms with Gasteiger partial charge in [-0.05, 0) is 60.3 Å². The predicted octanol–water partition coefficient (Wildman–Crippen LogP) is 4.50. The molecule has 2 heterocycles. The van der Waals surface area contributed by atoms with Crippen LogP contribution in [0, 0.1) is 0 Å². The molecule has 2 N–H and O–H groups in total. The number of nitrogens with one attached hydrogen (secondary N) is 2. The number of anilines is 2. The summed E-state index contributed by atoms with van der Waals surface area (Å²) < 4.78 is 5.88. The summed E-state index contributed by atoms with van der Waals surface area (Å²) in [6, 6.07) is 5.05. The molecule has 2 rings (SSSR count). The molecule has 2 amide bonds. The van der Waals surface area contributed by atoms with E-state index in [-0.39, 0.29) is 5.91 Å². The van der Waals surface area contributed by atoms with E-state index in [1.807, 2.05) is 11.4 Å². The lowest BCUT2D eigenvalue weighted by Crippen LogP contribution is -2.27. The highest BCUT2D eigenvalue weighted by Gasteiger charge is 2.16. The molecule has 0 bridgehead atoms. The fraction of sp³-hybridized carbons (Fsp3) is 0.267. The molecule has 0 unspecified atom stereocenters. The van der Waals surface area contributed by atoms with Gasteiger partial charge in [-0.1, -0.05) is 0 Å². The van der Waals surface area contributed by atoms with Crippen molar-refractivity contribution in [3.05, 3.63) is 39.1 Å². The maximum absolute atomic E-state index is 12.1. The number of carbonyl (C=O) groups is 2. The molecule has 0 aliphatic carbocycles. The highest BCUT2D eigenvalue weighted by molar-refractivity contribution is 9.10. The van der Waals surface area contributed by atoms with Gasteiger partial charge in [-0.3, -0.25) is 10.1 Å². The van der Waals surface area contributed by atoms with Crippen LogP contribution in [0.2, 0.25) is 0 Å². The van der Waals surface area contributed by atoms with E-state index in [1.165, 1.54) is 17.5 Å². The monoisotopic (exact) mass is 397 g/mol. The molecule has 2 aromatic rings. The van der Waals surface area contributed by atoms with Crippen LogP contribution in [0.15, 0.2) is 34.2 Å². The molecule has 0 aliphatic heterocycles.